The normalized spacial score (nSPS) is 28.4. The molecule has 214 valence electrons. The Balaban J connectivity index is 1.79. The van der Waals surface area contributed by atoms with Crippen molar-refractivity contribution in [3.63, 3.8) is 0 Å². The number of nitrogens with zero attached hydrogens (tertiary/aromatic N) is 1. The first-order valence-electron chi connectivity index (χ1n) is 13.2. The number of hydrogen-bond acceptors (Lipinski definition) is 8. The second kappa shape index (κ2) is 10.4. The minimum Gasteiger partial charge on any atom is -0.460 e. The molecule has 1 aliphatic heterocycles. The Bertz CT molecular complexity index is 1100. The standard InChI is InChI=1S/C27H42N2O8S/c1-8-16-13-27(16,21(31)15-38(35,36)18-9-10-18)28-23(33)20-11-17(30)14-29(20)24(34)19(25(2,3)4)12-22(32)37-26(5,6)7/h8,16-20,30H,1,9-15H2,2-7H3,(H,28,33)/t16?,17-,19-,20+,27?/m1/s1. The summed E-state index contributed by atoms with van der Waals surface area (Å²) in [5.41, 5.74) is -2.76. The van der Waals surface area contributed by atoms with Gasteiger partial charge in [-0.05, 0) is 45.4 Å². The number of ketones is 1. The van der Waals surface area contributed by atoms with Gasteiger partial charge in [0.2, 0.25) is 11.8 Å². The molecule has 10 nitrogen and oxygen atoms in total. The average Bonchev–Trinajstić information content (AvgIpc) is 3.66. The van der Waals surface area contributed by atoms with Crippen LogP contribution < -0.4 is 5.32 Å². The van der Waals surface area contributed by atoms with Crippen LogP contribution in [0, 0.1) is 17.3 Å². The summed E-state index contributed by atoms with van der Waals surface area (Å²) in [6, 6.07) is -1.07. The van der Waals surface area contributed by atoms with E-state index >= 15 is 0 Å². The van der Waals surface area contributed by atoms with Gasteiger partial charge in [-0.2, -0.15) is 0 Å². The lowest BCUT2D eigenvalue weighted by Crippen LogP contribution is -2.55. The fraction of sp³-hybridized carbons (Fsp3) is 0.778. The number of nitrogens with one attached hydrogen (secondary N) is 1. The molecule has 2 saturated carbocycles. The molecule has 1 saturated heterocycles. The van der Waals surface area contributed by atoms with E-state index in [1.807, 2.05) is 20.8 Å². The molecule has 1 heterocycles. The van der Waals surface area contributed by atoms with Crippen molar-refractivity contribution in [2.75, 3.05) is 12.3 Å². The number of carbonyl (C=O) groups excluding carboxylic acids is 4. The Morgan fingerprint density at radius 2 is 1.76 bits per heavy atom. The van der Waals surface area contributed by atoms with Crippen LogP contribution in [-0.4, -0.2) is 82.8 Å². The van der Waals surface area contributed by atoms with Crippen molar-refractivity contribution in [3.05, 3.63) is 12.7 Å². The van der Waals surface area contributed by atoms with Gasteiger partial charge >= 0.3 is 5.97 Å². The van der Waals surface area contributed by atoms with Gasteiger partial charge in [0, 0.05) is 18.9 Å². The predicted molar refractivity (Wildman–Crippen MR) is 141 cm³/mol. The molecule has 38 heavy (non-hydrogen) atoms. The molecule has 2 unspecified atom stereocenters. The van der Waals surface area contributed by atoms with Crippen LogP contribution in [0.1, 0.15) is 73.6 Å². The summed E-state index contributed by atoms with van der Waals surface area (Å²) in [6.07, 6.45) is 1.63. The number of carbonyl (C=O) groups is 4. The molecule has 0 bridgehead atoms. The van der Waals surface area contributed by atoms with Gasteiger partial charge in [0.1, 0.15) is 22.9 Å². The fourth-order valence-corrected chi connectivity index (χ4v) is 6.80. The molecule has 0 aromatic carbocycles. The van der Waals surface area contributed by atoms with Crippen LogP contribution in [0.5, 0.6) is 0 Å². The third-order valence-corrected chi connectivity index (χ3v) is 9.66. The minimum absolute atomic E-state index is 0.0374. The molecule has 0 aromatic rings. The van der Waals surface area contributed by atoms with E-state index in [0.29, 0.717) is 12.8 Å². The molecule has 3 aliphatic rings. The largest absolute Gasteiger partial charge is 0.460 e. The van der Waals surface area contributed by atoms with Crippen LogP contribution in [0.25, 0.3) is 0 Å². The average molecular weight is 555 g/mol. The number of likely N-dealkylation sites (tertiary alicyclic amines) is 1. The molecule has 3 fully saturated rings. The number of esters is 1. The summed E-state index contributed by atoms with van der Waals surface area (Å²) in [4.78, 5) is 54.2. The highest BCUT2D eigenvalue weighted by atomic mass is 32.2. The minimum atomic E-state index is -3.58. The maximum Gasteiger partial charge on any atom is 0.307 e. The Hall–Kier alpha value is -2.27. The second-order valence-corrected chi connectivity index (χ2v) is 15.3. The van der Waals surface area contributed by atoms with E-state index in [4.69, 9.17) is 4.74 Å². The zero-order valence-corrected chi connectivity index (χ0v) is 24.1. The molecule has 3 rings (SSSR count). The lowest BCUT2D eigenvalue weighted by atomic mass is 9.77. The van der Waals surface area contributed by atoms with E-state index < -0.39 is 84.9 Å². The van der Waals surface area contributed by atoms with Crippen LogP contribution >= 0.6 is 0 Å². The number of amides is 2. The number of aliphatic hydroxyl groups excluding tert-OH is 1. The van der Waals surface area contributed by atoms with E-state index in [9.17, 15) is 32.7 Å². The smallest absolute Gasteiger partial charge is 0.307 e. The van der Waals surface area contributed by atoms with Crippen LogP contribution in [0.3, 0.4) is 0 Å². The number of sulfone groups is 1. The topological polar surface area (TPSA) is 147 Å². The van der Waals surface area contributed by atoms with Gasteiger partial charge in [-0.15, -0.1) is 6.58 Å². The molecule has 0 radical (unpaired) electrons. The Morgan fingerprint density at radius 3 is 2.24 bits per heavy atom. The first-order chi connectivity index (χ1) is 17.3. The Kier molecular flexibility index (Phi) is 8.26. The highest BCUT2D eigenvalue weighted by molar-refractivity contribution is 7.93. The number of hydrogen-bond donors (Lipinski definition) is 2. The van der Waals surface area contributed by atoms with Gasteiger partial charge in [0.15, 0.2) is 15.6 Å². The van der Waals surface area contributed by atoms with Crippen LogP contribution in [0.2, 0.25) is 0 Å². The van der Waals surface area contributed by atoms with Crippen molar-refractivity contribution in [3.8, 4) is 0 Å². The maximum absolute atomic E-state index is 13.7. The van der Waals surface area contributed by atoms with E-state index in [1.165, 1.54) is 11.0 Å². The molecule has 2 N–H and O–H groups in total. The Labute approximate surface area is 225 Å². The zero-order chi connectivity index (χ0) is 28.8. The molecule has 0 spiro atoms. The third-order valence-electron chi connectivity index (χ3n) is 7.51. The van der Waals surface area contributed by atoms with Gasteiger partial charge in [-0.3, -0.25) is 19.2 Å². The van der Waals surface area contributed by atoms with Crippen molar-refractivity contribution in [2.45, 2.75) is 102 Å². The van der Waals surface area contributed by atoms with Gasteiger partial charge in [-0.25, -0.2) is 8.42 Å². The van der Waals surface area contributed by atoms with Gasteiger partial charge in [0.05, 0.1) is 23.7 Å². The maximum atomic E-state index is 13.7. The van der Waals surface area contributed by atoms with Crippen molar-refractivity contribution in [2.24, 2.45) is 17.3 Å². The zero-order valence-electron chi connectivity index (χ0n) is 23.3. The monoisotopic (exact) mass is 554 g/mol. The first kappa shape index (κ1) is 30.3. The van der Waals surface area contributed by atoms with Crippen molar-refractivity contribution in [1.82, 2.24) is 10.2 Å². The van der Waals surface area contributed by atoms with Gasteiger partial charge in [-0.1, -0.05) is 26.8 Å². The highest BCUT2D eigenvalue weighted by Gasteiger charge is 2.61. The number of Topliss-reactive ketones (excluding diaryl/α,β-unsaturated/α-hetero) is 1. The third kappa shape index (κ3) is 6.83. The lowest BCUT2D eigenvalue weighted by molar-refractivity contribution is -0.161. The van der Waals surface area contributed by atoms with E-state index in [-0.39, 0.29) is 25.8 Å². The fourth-order valence-electron chi connectivity index (χ4n) is 5.09. The van der Waals surface area contributed by atoms with Gasteiger partial charge in [0.25, 0.3) is 0 Å². The van der Waals surface area contributed by atoms with Crippen molar-refractivity contribution >= 4 is 33.4 Å². The van der Waals surface area contributed by atoms with E-state index in [2.05, 4.69) is 11.9 Å². The predicted octanol–water partition coefficient (Wildman–Crippen LogP) is 1.55. The lowest BCUT2D eigenvalue weighted by Gasteiger charge is -2.35. The van der Waals surface area contributed by atoms with Crippen molar-refractivity contribution < 1.29 is 37.4 Å². The quantitative estimate of drug-likeness (QED) is 0.305. The van der Waals surface area contributed by atoms with Crippen LogP contribution in [0.4, 0.5) is 0 Å². The first-order valence-corrected chi connectivity index (χ1v) is 14.9. The molecule has 2 amide bonds. The number of aliphatic hydroxyl groups is 1. The molecule has 11 heteroatoms. The molecule has 2 aliphatic carbocycles. The number of rotatable bonds is 10. The second-order valence-electron chi connectivity index (χ2n) is 13.0. The van der Waals surface area contributed by atoms with Gasteiger partial charge < -0.3 is 20.1 Å². The molecule has 5 atom stereocenters. The summed E-state index contributed by atoms with van der Waals surface area (Å²) in [5.74, 6) is -4.12. The summed E-state index contributed by atoms with van der Waals surface area (Å²) in [6.45, 7) is 14.3. The summed E-state index contributed by atoms with van der Waals surface area (Å²) >= 11 is 0. The summed E-state index contributed by atoms with van der Waals surface area (Å²) < 4.78 is 30.3. The summed E-state index contributed by atoms with van der Waals surface area (Å²) in [5, 5.41) is 12.6. The SMILES string of the molecule is C=CC1CC1(NC(=O)[C@@H]1C[C@@H](O)CN1C(=O)[C@@H](CC(=O)OC(C)(C)C)C(C)(C)C)C(=O)CS(=O)(=O)C1CC1. The Morgan fingerprint density at radius 1 is 1.16 bits per heavy atom. The van der Waals surface area contributed by atoms with E-state index in [1.54, 1.807) is 20.8 Å². The van der Waals surface area contributed by atoms with E-state index in [0.717, 1.165) is 0 Å². The van der Waals surface area contributed by atoms with Crippen molar-refractivity contribution in [1.29, 1.82) is 0 Å². The molecular formula is C27H42N2O8S. The van der Waals surface area contributed by atoms with Crippen LogP contribution in [0.15, 0.2) is 12.7 Å². The molecule has 0 aromatic heterocycles. The highest BCUT2D eigenvalue weighted by Crippen LogP contribution is 2.46. The van der Waals surface area contributed by atoms with Crippen LogP contribution in [-0.2, 0) is 33.8 Å². The number of β-amino-alcohol motifs (C(OH)–C–C–N with tert-alkyl or cyclic N) is 1. The molecular weight excluding hydrogens is 512 g/mol. The number of ether oxygens (including phenoxy) is 1. The summed E-state index contributed by atoms with van der Waals surface area (Å²) in [7, 11) is -3.58.